The van der Waals surface area contributed by atoms with Crippen LogP contribution < -0.4 is 5.41 Å². The number of rotatable bonds is 6. The third kappa shape index (κ3) is 5.58. The van der Waals surface area contributed by atoms with E-state index in [-0.39, 0.29) is 0 Å². The summed E-state index contributed by atoms with van der Waals surface area (Å²) in [5.41, 5.74) is 5.98. The Bertz CT molecular complexity index is 1820. The minimum Gasteiger partial charge on any atom is -0.293 e. The SMILES string of the molecule is N=C(SC(=[NH2+])c1cccc(-c2ccccn2)n1)c1cccc(-c2nnc(-c3cccc(-c4ccccn4)n3)s2)c1. The number of hydrogen-bond acceptors (Lipinski definition) is 9. The van der Waals surface area contributed by atoms with Crippen LogP contribution in [-0.2, 0) is 0 Å². The highest BCUT2D eigenvalue weighted by atomic mass is 32.2. The second kappa shape index (κ2) is 11.4. The van der Waals surface area contributed by atoms with Gasteiger partial charge in [-0.3, -0.25) is 15.4 Å². The number of hydrogen-bond donors (Lipinski definition) is 2. The van der Waals surface area contributed by atoms with Crippen LogP contribution >= 0.6 is 23.1 Å². The van der Waals surface area contributed by atoms with Crippen molar-refractivity contribution in [2.75, 3.05) is 0 Å². The van der Waals surface area contributed by atoms with Crippen molar-refractivity contribution in [1.29, 1.82) is 5.41 Å². The standard InChI is InChI=1S/C30H20N8S2/c31-27(39-28(32)25-14-6-12-23(35-25)21-10-1-3-16-33-21)19-8-5-9-20(18-19)29-37-38-30(40-29)26-15-7-13-24(36-26)22-11-2-4-17-34-22/h1-18,31-32H/p+1. The molecule has 0 radical (unpaired) electrons. The van der Waals surface area contributed by atoms with Gasteiger partial charge in [-0.25, -0.2) is 15.4 Å². The zero-order valence-electron chi connectivity index (χ0n) is 21.0. The van der Waals surface area contributed by atoms with Crippen LogP contribution in [0.5, 0.6) is 0 Å². The molecule has 1 aromatic carbocycles. The third-order valence-electron chi connectivity index (χ3n) is 5.83. The average Bonchev–Trinajstić information content (AvgIpc) is 3.53. The van der Waals surface area contributed by atoms with E-state index in [4.69, 9.17) is 15.8 Å². The van der Waals surface area contributed by atoms with E-state index in [0.29, 0.717) is 20.8 Å². The maximum Gasteiger partial charge on any atom is 0.263 e. The number of thioether (sulfide) groups is 1. The molecule has 0 aliphatic carbocycles. The average molecular weight is 558 g/mol. The first kappa shape index (κ1) is 25.4. The monoisotopic (exact) mass is 557 g/mol. The number of nitrogens with zero attached hydrogens (tertiary/aromatic N) is 6. The molecule has 192 valence electrons. The molecule has 0 spiro atoms. The summed E-state index contributed by atoms with van der Waals surface area (Å²) in [6.07, 6.45) is 3.47. The van der Waals surface area contributed by atoms with E-state index in [1.807, 2.05) is 97.1 Å². The predicted octanol–water partition coefficient (Wildman–Crippen LogP) is 5.05. The highest BCUT2D eigenvalue weighted by Gasteiger charge is 2.17. The lowest BCUT2D eigenvalue weighted by Crippen LogP contribution is -2.39. The largest absolute Gasteiger partial charge is 0.293 e. The van der Waals surface area contributed by atoms with Crippen LogP contribution in [0.15, 0.2) is 109 Å². The van der Waals surface area contributed by atoms with Gasteiger partial charge >= 0.3 is 0 Å². The third-order valence-corrected chi connectivity index (χ3v) is 7.70. The van der Waals surface area contributed by atoms with Gasteiger partial charge in [-0.05, 0) is 54.6 Å². The first-order valence-corrected chi connectivity index (χ1v) is 13.9. The number of nitrogens with one attached hydrogen (secondary N) is 1. The van der Waals surface area contributed by atoms with Crippen molar-refractivity contribution in [2.45, 2.75) is 0 Å². The first-order valence-electron chi connectivity index (χ1n) is 12.2. The Kier molecular flexibility index (Phi) is 7.25. The maximum atomic E-state index is 8.70. The molecule has 8 nitrogen and oxygen atoms in total. The molecular weight excluding hydrogens is 537 g/mol. The highest BCUT2D eigenvalue weighted by Crippen LogP contribution is 2.31. The lowest BCUT2D eigenvalue weighted by molar-refractivity contribution is -0.107. The summed E-state index contributed by atoms with van der Waals surface area (Å²) < 4.78 is 0. The predicted molar refractivity (Wildman–Crippen MR) is 160 cm³/mol. The van der Waals surface area contributed by atoms with Crippen LogP contribution in [0.2, 0.25) is 0 Å². The summed E-state index contributed by atoms with van der Waals surface area (Å²) in [6.45, 7) is 0. The quantitative estimate of drug-likeness (QED) is 0.217. The van der Waals surface area contributed by atoms with Crippen molar-refractivity contribution < 1.29 is 5.41 Å². The van der Waals surface area contributed by atoms with Crippen molar-refractivity contribution >= 4 is 33.2 Å². The molecule has 6 aromatic rings. The molecule has 0 atom stereocenters. The van der Waals surface area contributed by atoms with Crippen molar-refractivity contribution in [2.24, 2.45) is 0 Å². The number of pyridine rings is 4. The minimum absolute atomic E-state index is 0.304. The van der Waals surface area contributed by atoms with Gasteiger partial charge in [0.15, 0.2) is 5.01 Å². The van der Waals surface area contributed by atoms with Crippen LogP contribution in [-0.4, -0.2) is 40.2 Å². The van der Waals surface area contributed by atoms with Crippen LogP contribution in [0.1, 0.15) is 11.3 Å². The van der Waals surface area contributed by atoms with Gasteiger partial charge in [-0.2, -0.15) is 0 Å². The van der Waals surface area contributed by atoms with Crippen LogP contribution in [0.25, 0.3) is 44.0 Å². The van der Waals surface area contributed by atoms with Crippen LogP contribution in [0, 0.1) is 5.41 Å². The molecule has 0 fully saturated rings. The molecule has 0 aliphatic rings. The van der Waals surface area contributed by atoms with Gasteiger partial charge < -0.3 is 0 Å². The van der Waals surface area contributed by atoms with E-state index < -0.39 is 0 Å². The zero-order chi connectivity index (χ0) is 27.3. The first-order chi connectivity index (χ1) is 19.6. The smallest absolute Gasteiger partial charge is 0.263 e. The Labute approximate surface area is 238 Å². The Hall–Kier alpha value is -4.93. The van der Waals surface area contributed by atoms with Gasteiger partial charge in [0, 0.05) is 35.3 Å². The van der Waals surface area contributed by atoms with Crippen molar-refractivity contribution in [3.05, 3.63) is 121 Å². The van der Waals surface area contributed by atoms with Gasteiger partial charge in [0.25, 0.3) is 5.04 Å². The van der Waals surface area contributed by atoms with E-state index in [9.17, 15) is 0 Å². The molecule has 3 N–H and O–H groups in total. The Morgan fingerprint density at radius 2 is 1.27 bits per heavy atom. The van der Waals surface area contributed by atoms with Gasteiger partial charge in [0.2, 0.25) is 0 Å². The number of nitrogens with two attached hydrogens (primary N) is 1. The number of benzene rings is 1. The van der Waals surface area contributed by atoms with Crippen LogP contribution in [0.4, 0.5) is 0 Å². The molecule has 5 aromatic heterocycles. The molecule has 0 unspecified atom stereocenters. The molecule has 0 amide bonds. The second-order valence-electron chi connectivity index (χ2n) is 8.53. The summed E-state index contributed by atoms with van der Waals surface area (Å²) in [7, 11) is 0. The van der Waals surface area contributed by atoms with Gasteiger partial charge in [0.05, 0.1) is 22.8 Å². The van der Waals surface area contributed by atoms with E-state index in [1.165, 1.54) is 11.3 Å². The molecule has 0 saturated heterocycles. The fourth-order valence-corrected chi connectivity index (χ4v) is 5.39. The number of aromatic nitrogens is 6. The highest BCUT2D eigenvalue weighted by molar-refractivity contribution is 8.27. The van der Waals surface area contributed by atoms with E-state index in [2.05, 4.69) is 25.1 Å². The molecular formula is C30H21N8S2+. The molecule has 0 bridgehead atoms. The normalized spacial score (nSPS) is 10.8. The fraction of sp³-hybridized carbons (Fsp3) is 0. The summed E-state index contributed by atoms with van der Waals surface area (Å²) in [5.74, 6) is 0. The van der Waals surface area contributed by atoms with Gasteiger partial charge in [0.1, 0.15) is 21.4 Å². The Morgan fingerprint density at radius 1 is 0.650 bits per heavy atom. The molecule has 40 heavy (non-hydrogen) atoms. The maximum absolute atomic E-state index is 8.70. The van der Waals surface area contributed by atoms with Crippen molar-refractivity contribution in [3.8, 4) is 44.0 Å². The zero-order valence-corrected chi connectivity index (χ0v) is 22.6. The Morgan fingerprint density at radius 3 is 2.00 bits per heavy atom. The van der Waals surface area contributed by atoms with Crippen molar-refractivity contribution in [3.63, 3.8) is 0 Å². The molecule has 10 heteroatoms. The van der Waals surface area contributed by atoms with Gasteiger partial charge in [-0.15, -0.1) is 10.2 Å². The topological polar surface area (TPSA) is 127 Å². The lowest BCUT2D eigenvalue weighted by Gasteiger charge is -2.05. The van der Waals surface area contributed by atoms with Gasteiger partial charge in [-0.1, -0.05) is 53.8 Å². The molecule has 6 rings (SSSR count). The second-order valence-corrected chi connectivity index (χ2v) is 10.6. The van der Waals surface area contributed by atoms with Crippen LogP contribution in [0.3, 0.4) is 0 Å². The van der Waals surface area contributed by atoms with E-state index in [1.54, 1.807) is 12.4 Å². The van der Waals surface area contributed by atoms with Crippen molar-refractivity contribution in [1.82, 2.24) is 30.1 Å². The molecule has 0 aliphatic heterocycles. The van der Waals surface area contributed by atoms with E-state index in [0.717, 1.165) is 56.4 Å². The summed E-state index contributed by atoms with van der Waals surface area (Å²) in [6, 6.07) is 30.4. The minimum atomic E-state index is 0.304. The Balaban J connectivity index is 1.19. The fourth-order valence-electron chi connectivity index (χ4n) is 3.90. The molecule has 0 saturated carbocycles. The molecule has 5 heterocycles. The van der Waals surface area contributed by atoms with E-state index >= 15 is 0 Å². The lowest BCUT2D eigenvalue weighted by atomic mass is 10.1. The summed E-state index contributed by atoms with van der Waals surface area (Å²) in [5, 5.41) is 26.1. The summed E-state index contributed by atoms with van der Waals surface area (Å²) in [4.78, 5) is 18.1. The summed E-state index contributed by atoms with van der Waals surface area (Å²) >= 11 is 2.61.